The Balaban J connectivity index is 2.08. The molecule has 0 spiro atoms. The van der Waals surface area contributed by atoms with Crippen molar-refractivity contribution < 1.29 is 0 Å². The van der Waals surface area contributed by atoms with E-state index >= 15 is 0 Å². The average Bonchev–Trinajstić information content (AvgIpc) is 2.88. The first kappa shape index (κ1) is 11.3. The summed E-state index contributed by atoms with van der Waals surface area (Å²) >= 11 is 1.79. The van der Waals surface area contributed by atoms with Crippen LogP contribution in [0.2, 0.25) is 0 Å². The quantitative estimate of drug-likeness (QED) is 0.878. The number of hydrogen-bond donors (Lipinski definition) is 1. The fraction of sp³-hybridized carbons (Fsp3) is 0.455. The van der Waals surface area contributed by atoms with Crippen molar-refractivity contribution in [1.29, 1.82) is 0 Å². The van der Waals surface area contributed by atoms with Crippen LogP contribution < -0.4 is 5.73 Å². The molecule has 5 heteroatoms. The maximum absolute atomic E-state index is 6.15. The molecule has 2 aromatic heterocycles. The number of aryl methyl sites for hydroxylation is 2. The molecule has 0 aromatic carbocycles. The van der Waals surface area contributed by atoms with E-state index in [-0.39, 0.29) is 6.04 Å². The van der Waals surface area contributed by atoms with Crippen LogP contribution in [0.25, 0.3) is 0 Å². The predicted octanol–water partition coefficient (Wildman–Crippen LogP) is 1.68. The van der Waals surface area contributed by atoms with Crippen LogP contribution in [0.1, 0.15) is 28.5 Å². The normalized spacial score (nSPS) is 12.9. The summed E-state index contributed by atoms with van der Waals surface area (Å²) in [5.41, 5.74) is 6.15. The van der Waals surface area contributed by atoms with Gasteiger partial charge in [-0.25, -0.2) is 4.98 Å². The zero-order valence-corrected chi connectivity index (χ0v) is 10.4. The van der Waals surface area contributed by atoms with Crippen molar-refractivity contribution >= 4 is 11.3 Å². The van der Waals surface area contributed by atoms with Crippen molar-refractivity contribution in [3.63, 3.8) is 0 Å². The number of nitrogens with two attached hydrogens (primary N) is 1. The maximum Gasteiger partial charge on any atom is 0.138 e. The molecule has 2 N–H and O–H groups in total. The number of thiophene rings is 1. The Morgan fingerprint density at radius 2 is 2.31 bits per heavy atom. The summed E-state index contributed by atoms with van der Waals surface area (Å²) in [6, 6.07) is 4.29. The van der Waals surface area contributed by atoms with E-state index in [1.165, 1.54) is 9.75 Å². The Hall–Kier alpha value is -1.20. The molecule has 0 fully saturated rings. The van der Waals surface area contributed by atoms with Gasteiger partial charge in [0.1, 0.15) is 12.2 Å². The van der Waals surface area contributed by atoms with E-state index in [0.717, 1.165) is 18.7 Å². The summed E-state index contributed by atoms with van der Waals surface area (Å²) in [6.07, 6.45) is 3.37. The topological polar surface area (TPSA) is 56.7 Å². The van der Waals surface area contributed by atoms with Gasteiger partial charge in [0.2, 0.25) is 0 Å². The van der Waals surface area contributed by atoms with Crippen LogP contribution in [0.15, 0.2) is 18.5 Å². The highest BCUT2D eigenvalue weighted by atomic mass is 32.1. The second-order valence-electron chi connectivity index (χ2n) is 3.77. The maximum atomic E-state index is 6.15. The molecule has 4 nitrogen and oxygen atoms in total. The van der Waals surface area contributed by atoms with Crippen molar-refractivity contribution in [3.05, 3.63) is 34.0 Å². The van der Waals surface area contributed by atoms with Crippen LogP contribution >= 0.6 is 11.3 Å². The molecule has 2 aromatic rings. The Labute approximate surface area is 99.1 Å². The third-order valence-electron chi connectivity index (χ3n) is 2.60. The minimum absolute atomic E-state index is 0.0215. The zero-order valence-electron chi connectivity index (χ0n) is 9.55. The van der Waals surface area contributed by atoms with Crippen molar-refractivity contribution in [3.8, 4) is 0 Å². The van der Waals surface area contributed by atoms with Gasteiger partial charge in [0.15, 0.2) is 0 Å². The van der Waals surface area contributed by atoms with Gasteiger partial charge in [0, 0.05) is 29.3 Å². The SMILES string of the molecule is CCc1ccc(C(N)Cc2ncnn2C)s1. The third-order valence-corrected chi connectivity index (χ3v) is 3.97. The number of aromatic nitrogens is 3. The Morgan fingerprint density at radius 3 is 2.88 bits per heavy atom. The molecular formula is C11H16N4S. The first-order valence-electron chi connectivity index (χ1n) is 5.37. The van der Waals surface area contributed by atoms with E-state index < -0.39 is 0 Å². The summed E-state index contributed by atoms with van der Waals surface area (Å²) in [5.74, 6) is 0.930. The molecule has 0 amide bonds. The largest absolute Gasteiger partial charge is 0.323 e. The fourth-order valence-corrected chi connectivity index (χ4v) is 2.54. The number of hydrogen-bond acceptors (Lipinski definition) is 4. The van der Waals surface area contributed by atoms with E-state index in [1.807, 2.05) is 7.05 Å². The highest BCUT2D eigenvalue weighted by molar-refractivity contribution is 7.12. The Kier molecular flexibility index (Phi) is 3.36. The highest BCUT2D eigenvalue weighted by Gasteiger charge is 2.12. The molecule has 1 atom stereocenters. The lowest BCUT2D eigenvalue weighted by Gasteiger charge is -2.08. The van der Waals surface area contributed by atoms with Gasteiger partial charge in [0.05, 0.1) is 0 Å². The lowest BCUT2D eigenvalue weighted by atomic mass is 10.2. The Morgan fingerprint density at radius 1 is 1.50 bits per heavy atom. The van der Waals surface area contributed by atoms with Crippen LogP contribution in [0, 0.1) is 0 Å². The van der Waals surface area contributed by atoms with Gasteiger partial charge < -0.3 is 5.73 Å². The van der Waals surface area contributed by atoms with Gasteiger partial charge in [0.25, 0.3) is 0 Å². The van der Waals surface area contributed by atoms with E-state index in [0.29, 0.717) is 0 Å². The summed E-state index contributed by atoms with van der Waals surface area (Å²) in [5, 5.41) is 4.04. The molecule has 2 heterocycles. The summed E-state index contributed by atoms with van der Waals surface area (Å²) in [4.78, 5) is 6.78. The highest BCUT2D eigenvalue weighted by Crippen LogP contribution is 2.24. The zero-order chi connectivity index (χ0) is 11.5. The second kappa shape index (κ2) is 4.76. The van der Waals surface area contributed by atoms with Crippen molar-refractivity contribution in [2.75, 3.05) is 0 Å². The number of nitrogens with zero attached hydrogens (tertiary/aromatic N) is 3. The smallest absolute Gasteiger partial charge is 0.138 e. The van der Waals surface area contributed by atoms with Crippen LogP contribution in [0.5, 0.6) is 0 Å². The van der Waals surface area contributed by atoms with Crippen molar-refractivity contribution in [2.45, 2.75) is 25.8 Å². The van der Waals surface area contributed by atoms with Crippen LogP contribution in [0.4, 0.5) is 0 Å². The minimum atomic E-state index is 0.0215. The molecule has 0 aliphatic rings. The first-order valence-corrected chi connectivity index (χ1v) is 6.19. The van der Waals surface area contributed by atoms with E-state index in [4.69, 9.17) is 5.73 Å². The van der Waals surface area contributed by atoms with Gasteiger partial charge in [-0.15, -0.1) is 11.3 Å². The van der Waals surface area contributed by atoms with Crippen LogP contribution in [-0.4, -0.2) is 14.8 Å². The minimum Gasteiger partial charge on any atom is -0.323 e. The molecule has 0 radical (unpaired) electrons. The molecular weight excluding hydrogens is 220 g/mol. The molecule has 0 aliphatic heterocycles. The lowest BCUT2D eigenvalue weighted by Crippen LogP contribution is -2.14. The summed E-state index contributed by atoms with van der Waals surface area (Å²) in [6.45, 7) is 2.16. The lowest BCUT2D eigenvalue weighted by molar-refractivity contribution is 0.635. The molecule has 0 saturated heterocycles. The summed E-state index contributed by atoms with van der Waals surface area (Å²) in [7, 11) is 1.89. The molecule has 2 rings (SSSR count). The van der Waals surface area contributed by atoms with Crippen LogP contribution in [0.3, 0.4) is 0 Å². The van der Waals surface area contributed by atoms with Crippen molar-refractivity contribution in [2.24, 2.45) is 12.8 Å². The fourth-order valence-electron chi connectivity index (χ4n) is 1.59. The van der Waals surface area contributed by atoms with Gasteiger partial charge in [-0.3, -0.25) is 4.68 Å². The molecule has 0 bridgehead atoms. The molecule has 86 valence electrons. The standard InChI is InChI=1S/C11H16N4S/c1-3-8-4-5-10(16-8)9(12)6-11-13-7-14-15(11)2/h4-5,7,9H,3,6,12H2,1-2H3. The molecule has 1 unspecified atom stereocenters. The van der Waals surface area contributed by atoms with E-state index in [9.17, 15) is 0 Å². The van der Waals surface area contributed by atoms with Gasteiger partial charge >= 0.3 is 0 Å². The number of rotatable bonds is 4. The third kappa shape index (κ3) is 2.31. The van der Waals surface area contributed by atoms with E-state index in [1.54, 1.807) is 22.3 Å². The summed E-state index contributed by atoms with van der Waals surface area (Å²) < 4.78 is 1.77. The molecule has 0 saturated carbocycles. The molecule has 0 aliphatic carbocycles. The molecule has 16 heavy (non-hydrogen) atoms. The predicted molar refractivity (Wildman–Crippen MR) is 65.3 cm³/mol. The first-order chi connectivity index (χ1) is 7.70. The second-order valence-corrected chi connectivity index (χ2v) is 4.97. The van der Waals surface area contributed by atoms with Crippen LogP contribution in [-0.2, 0) is 19.9 Å². The van der Waals surface area contributed by atoms with Gasteiger partial charge in [-0.2, -0.15) is 5.10 Å². The Bertz CT molecular complexity index is 460. The monoisotopic (exact) mass is 236 g/mol. The van der Waals surface area contributed by atoms with Gasteiger partial charge in [-0.05, 0) is 18.6 Å². The van der Waals surface area contributed by atoms with Gasteiger partial charge in [-0.1, -0.05) is 6.92 Å². The van der Waals surface area contributed by atoms with Crippen molar-refractivity contribution in [1.82, 2.24) is 14.8 Å². The van der Waals surface area contributed by atoms with E-state index in [2.05, 4.69) is 29.1 Å². The average molecular weight is 236 g/mol.